The minimum absolute atomic E-state index is 0.160. The lowest BCUT2D eigenvalue weighted by molar-refractivity contribution is -0.179. The Kier molecular flexibility index (Phi) is 16.7. The van der Waals surface area contributed by atoms with Gasteiger partial charge in [-0.1, -0.05) is 48.0 Å². The summed E-state index contributed by atoms with van der Waals surface area (Å²) in [5.41, 5.74) is 4.99. The fourth-order valence-electron chi connectivity index (χ4n) is 5.32. The second-order valence-electron chi connectivity index (χ2n) is 11.6. The normalized spacial score (nSPS) is 12.4. The number of nitrogens with one attached hydrogen (secondary N) is 4. The number of urea groups is 1. The number of benzene rings is 2. The van der Waals surface area contributed by atoms with Crippen LogP contribution in [0.3, 0.4) is 0 Å². The third-order valence-electron chi connectivity index (χ3n) is 7.76. The van der Waals surface area contributed by atoms with Crippen LogP contribution < -0.4 is 21.4 Å². The van der Waals surface area contributed by atoms with E-state index in [1.54, 1.807) is 35.4 Å². The molecule has 2 unspecified atom stereocenters. The van der Waals surface area contributed by atoms with Crippen LogP contribution in [0.25, 0.3) is 10.9 Å². The van der Waals surface area contributed by atoms with E-state index in [4.69, 9.17) is 26.2 Å². The highest BCUT2D eigenvalue weighted by Crippen LogP contribution is 2.22. The van der Waals surface area contributed by atoms with Crippen molar-refractivity contribution >= 4 is 46.4 Å². The number of hydrazine groups is 1. The maximum atomic E-state index is 14.5. The molecule has 0 aliphatic carbocycles. The Morgan fingerprint density at radius 3 is 2.34 bits per heavy atom. The van der Waals surface area contributed by atoms with Crippen LogP contribution in [0.4, 0.5) is 9.59 Å². The van der Waals surface area contributed by atoms with Gasteiger partial charge >= 0.3 is 12.1 Å². The van der Waals surface area contributed by atoms with E-state index in [0.717, 1.165) is 22.0 Å². The summed E-state index contributed by atoms with van der Waals surface area (Å²) in [7, 11) is 1.53. The number of nitrogens with zero attached hydrogens (tertiary/aromatic N) is 3. The third-order valence-corrected chi connectivity index (χ3v) is 8.01. The SMILES string of the molecule is CCOC(OCC)C(C)N(Cc1cccc2cccnc12)C(=O)C(CCCCNC(=O)O)NC(=O)CN(C)NC(=O)NCc1ccc(Cl)cc1. The Labute approximate surface area is 297 Å². The van der Waals surface area contributed by atoms with E-state index in [9.17, 15) is 19.2 Å². The minimum atomic E-state index is -1.14. The van der Waals surface area contributed by atoms with Crippen molar-refractivity contribution in [3.8, 4) is 0 Å². The van der Waals surface area contributed by atoms with Gasteiger partial charge in [0, 0.05) is 56.5 Å². The van der Waals surface area contributed by atoms with Gasteiger partial charge in [0.2, 0.25) is 11.8 Å². The van der Waals surface area contributed by atoms with E-state index < -0.39 is 36.4 Å². The molecule has 0 saturated carbocycles. The van der Waals surface area contributed by atoms with Gasteiger partial charge in [-0.3, -0.25) is 20.0 Å². The number of para-hydroxylation sites is 1. The molecule has 15 heteroatoms. The zero-order valence-electron chi connectivity index (χ0n) is 29.0. The fraction of sp³-hybridized carbons (Fsp3) is 0.457. The molecule has 5 amide bonds. The van der Waals surface area contributed by atoms with Crippen LogP contribution in [0.1, 0.15) is 51.2 Å². The highest BCUT2D eigenvalue weighted by Gasteiger charge is 2.34. The maximum absolute atomic E-state index is 14.5. The van der Waals surface area contributed by atoms with Crippen molar-refractivity contribution in [2.24, 2.45) is 0 Å². The fourth-order valence-corrected chi connectivity index (χ4v) is 5.45. The number of amides is 5. The number of carbonyl (C=O) groups is 4. The molecule has 1 aromatic heterocycles. The number of likely N-dealkylation sites (N-methyl/N-ethyl adjacent to an activating group) is 1. The quantitative estimate of drug-likeness (QED) is 0.0651. The number of ether oxygens (including phenoxy) is 2. The summed E-state index contributed by atoms with van der Waals surface area (Å²) in [5.74, 6) is -0.871. The Balaban J connectivity index is 1.79. The molecule has 0 aliphatic heterocycles. The van der Waals surface area contributed by atoms with Gasteiger partial charge in [0.1, 0.15) is 6.04 Å². The zero-order chi connectivity index (χ0) is 36.5. The molecule has 0 spiro atoms. The second-order valence-corrected chi connectivity index (χ2v) is 12.0. The zero-order valence-corrected chi connectivity index (χ0v) is 29.7. The molecule has 3 rings (SSSR count). The molecular weight excluding hydrogens is 666 g/mol. The molecule has 3 aromatic rings. The van der Waals surface area contributed by atoms with Crippen molar-refractivity contribution in [2.75, 3.05) is 33.4 Å². The number of hydrogen-bond acceptors (Lipinski definition) is 8. The number of unbranched alkanes of at least 4 members (excludes halogenated alkanes) is 1. The number of carbonyl (C=O) groups excluding carboxylic acids is 3. The number of pyridine rings is 1. The first-order valence-corrected chi connectivity index (χ1v) is 17.0. The summed E-state index contributed by atoms with van der Waals surface area (Å²) >= 11 is 5.92. The Hall–Kier alpha value is -4.50. The lowest BCUT2D eigenvalue weighted by Gasteiger charge is -2.37. The largest absolute Gasteiger partial charge is 0.465 e. The summed E-state index contributed by atoms with van der Waals surface area (Å²) in [6, 6.07) is 14.5. The van der Waals surface area contributed by atoms with Gasteiger partial charge in [0.05, 0.1) is 18.1 Å². The molecule has 0 aliphatic rings. The standard InChI is InChI=1S/C35H48ClN7O7/c1-5-49-33(50-6-2)24(3)43(22-27-12-9-11-26-13-10-20-37-31(26)27)32(45)29(14-7-8-19-38-35(47)48)40-30(44)23-42(4)41-34(46)39-21-25-15-17-28(36)18-16-25/h9-13,15-18,20,24,29,33,38H,5-8,14,19,21-23H2,1-4H3,(H,40,44)(H,47,48)(H2,39,41,46). The summed E-state index contributed by atoms with van der Waals surface area (Å²) in [6.45, 7) is 6.60. The van der Waals surface area contributed by atoms with Crippen molar-refractivity contribution in [3.05, 3.63) is 76.9 Å². The van der Waals surface area contributed by atoms with Gasteiger partial charge in [-0.25, -0.2) is 14.6 Å². The molecule has 1 heterocycles. The Bertz CT molecular complexity index is 1530. The van der Waals surface area contributed by atoms with Gasteiger partial charge in [-0.15, -0.1) is 0 Å². The lowest BCUT2D eigenvalue weighted by atomic mass is 10.0. The molecule has 14 nitrogen and oxygen atoms in total. The molecular formula is C35H48ClN7O7. The molecule has 0 radical (unpaired) electrons. The van der Waals surface area contributed by atoms with E-state index in [2.05, 4.69) is 26.4 Å². The maximum Gasteiger partial charge on any atom is 0.404 e. The Morgan fingerprint density at radius 1 is 0.960 bits per heavy atom. The molecule has 2 atom stereocenters. The van der Waals surface area contributed by atoms with Crippen LogP contribution in [0.15, 0.2) is 60.8 Å². The molecule has 0 fully saturated rings. The van der Waals surface area contributed by atoms with E-state index in [-0.39, 0.29) is 38.5 Å². The average molecular weight is 714 g/mol. The van der Waals surface area contributed by atoms with E-state index in [0.29, 0.717) is 31.1 Å². The van der Waals surface area contributed by atoms with Crippen molar-refractivity contribution in [3.63, 3.8) is 0 Å². The minimum Gasteiger partial charge on any atom is -0.465 e. The lowest BCUT2D eigenvalue weighted by Crippen LogP contribution is -2.56. The number of rotatable bonds is 20. The third kappa shape index (κ3) is 13.1. The molecule has 5 N–H and O–H groups in total. The van der Waals surface area contributed by atoms with Crippen LogP contribution in [0.5, 0.6) is 0 Å². The smallest absolute Gasteiger partial charge is 0.404 e. The first-order valence-electron chi connectivity index (χ1n) is 16.6. The summed E-state index contributed by atoms with van der Waals surface area (Å²) in [4.78, 5) is 57.5. The Morgan fingerprint density at radius 2 is 1.66 bits per heavy atom. The predicted octanol–water partition coefficient (Wildman–Crippen LogP) is 4.27. The number of halogens is 1. The molecule has 0 saturated heterocycles. The van der Waals surface area contributed by atoms with Gasteiger partial charge in [-0.05, 0) is 69.4 Å². The van der Waals surface area contributed by atoms with E-state index in [1.807, 2.05) is 51.1 Å². The average Bonchev–Trinajstić information content (AvgIpc) is 3.08. The first kappa shape index (κ1) is 39.9. The van der Waals surface area contributed by atoms with Crippen LogP contribution >= 0.6 is 11.6 Å². The van der Waals surface area contributed by atoms with Crippen molar-refractivity contribution in [2.45, 2.75) is 71.5 Å². The van der Waals surface area contributed by atoms with Crippen LogP contribution in [0.2, 0.25) is 5.02 Å². The van der Waals surface area contributed by atoms with Crippen LogP contribution in [-0.4, -0.2) is 95.7 Å². The summed E-state index contributed by atoms with van der Waals surface area (Å²) in [6.07, 6.45) is 0.938. The topological polar surface area (TPSA) is 174 Å². The molecule has 2 aromatic carbocycles. The number of carboxylic acid groups (broad SMARTS) is 1. The molecule has 272 valence electrons. The van der Waals surface area contributed by atoms with Gasteiger partial charge in [0.15, 0.2) is 6.29 Å². The number of fused-ring (bicyclic) bond motifs is 1. The molecule has 0 bridgehead atoms. The highest BCUT2D eigenvalue weighted by atomic mass is 35.5. The van der Waals surface area contributed by atoms with Crippen molar-refractivity contribution < 1.29 is 33.8 Å². The van der Waals surface area contributed by atoms with Crippen molar-refractivity contribution in [1.29, 1.82) is 0 Å². The summed E-state index contributed by atoms with van der Waals surface area (Å²) in [5, 5.41) is 19.7. The number of aromatic nitrogens is 1. The monoisotopic (exact) mass is 713 g/mol. The van der Waals surface area contributed by atoms with Gasteiger partial charge in [0.25, 0.3) is 0 Å². The predicted molar refractivity (Wildman–Crippen MR) is 190 cm³/mol. The summed E-state index contributed by atoms with van der Waals surface area (Å²) < 4.78 is 11.8. The number of hydrogen-bond donors (Lipinski definition) is 5. The molecule has 50 heavy (non-hydrogen) atoms. The van der Waals surface area contributed by atoms with Crippen LogP contribution in [0, 0.1) is 0 Å². The van der Waals surface area contributed by atoms with E-state index in [1.165, 1.54) is 12.1 Å². The van der Waals surface area contributed by atoms with Gasteiger partial charge in [-0.2, -0.15) is 0 Å². The van der Waals surface area contributed by atoms with Crippen LogP contribution in [-0.2, 0) is 32.2 Å². The first-order chi connectivity index (χ1) is 24.0. The highest BCUT2D eigenvalue weighted by molar-refractivity contribution is 6.30. The van der Waals surface area contributed by atoms with Crippen molar-refractivity contribution in [1.82, 2.24) is 36.3 Å². The van der Waals surface area contributed by atoms with Gasteiger partial charge < -0.3 is 35.4 Å². The second kappa shape index (κ2) is 20.9. The van der Waals surface area contributed by atoms with E-state index >= 15 is 0 Å².